The molecule has 0 unspecified atom stereocenters. The van der Waals surface area contributed by atoms with Gasteiger partial charge in [0.15, 0.2) is 12.9 Å². The number of para-hydroxylation sites is 1. The Balaban J connectivity index is 1.82. The lowest BCUT2D eigenvalue weighted by molar-refractivity contribution is -0.123. The minimum atomic E-state index is -0.143. The number of carbonyl (C=O) groups excluding carboxylic acids is 2. The van der Waals surface area contributed by atoms with Gasteiger partial charge in [0.25, 0.3) is 5.91 Å². The van der Waals surface area contributed by atoms with E-state index in [9.17, 15) is 9.59 Å². The van der Waals surface area contributed by atoms with Crippen LogP contribution in [0.2, 0.25) is 0 Å². The van der Waals surface area contributed by atoms with Gasteiger partial charge in [-0.2, -0.15) is 0 Å². The third-order valence-electron chi connectivity index (χ3n) is 3.12. The molecule has 96 valence electrons. The molecule has 2 rings (SSSR count). The van der Waals surface area contributed by atoms with Crippen molar-refractivity contribution in [1.82, 2.24) is 5.32 Å². The topological polar surface area (TPSA) is 55.4 Å². The molecule has 1 atom stereocenters. The summed E-state index contributed by atoms with van der Waals surface area (Å²) in [5.74, 6) is 0.924. The summed E-state index contributed by atoms with van der Waals surface area (Å²) in [4.78, 5) is 22.4. The molecule has 1 fully saturated rings. The van der Waals surface area contributed by atoms with E-state index in [1.54, 1.807) is 24.3 Å². The Kier molecular flexibility index (Phi) is 3.97. The summed E-state index contributed by atoms with van der Waals surface area (Å²) in [6.45, 7) is 1.96. The van der Waals surface area contributed by atoms with E-state index in [4.69, 9.17) is 4.74 Å². The molecule has 1 N–H and O–H groups in total. The molecule has 0 saturated heterocycles. The third kappa shape index (κ3) is 3.32. The first-order valence-corrected chi connectivity index (χ1v) is 6.17. The van der Waals surface area contributed by atoms with E-state index in [1.807, 2.05) is 6.92 Å². The molecule has 1 aliphatic rings. The Labute approximate surface area is 106 Å². The Morgan fingerprint density at radius 1 is 1.50 bits per heavy atom. The van der Waals surface area contributed by atoms with E-state index in [0.29, 0.717) is 17.2 Å². The number of benzene rings is 1. The van der Waals surface area contributed by atoms with Crippen LogP contribution >= 0.6 is 0 Å². The van der Waals surface area contributed by atoms with Crippen molar-refractivity contribution in [1.29, 1.82) is 0 Å². The molecule has 0 spiro atoms. The molecule has 0 heterocycles. The van der Waals surface area contributed by atoms with E-state index in [-0.39, 0.29) is 18.6 Å². The van der Waals surface area contributed by atoms with Crippen molar-refractivity contribution in [3.8, 4) is 5.75 Å². The van der Waals surface area contributed by atoms with Crippen LogP contribution in [0.3, 0.4) is 0 Å². The predicted octanol–water partition coefficient (Wildman–Crippen LogP) is 1.79. The second-order valence-corrected chi connectivity index (χ2v) is 4.64. The van der Waals surface area contributed by atoms with Gasteiger partial charge in [-0.15, -0.1) is 0 Å². The van der Waals surface area contributed by atoms with Crippen LogP contribution in [0.5, 0.6) is 5.75 Å². The van der Waals surface area contributed by atoms with E-state index < -0.39 is 0 Å². The van der Waals surface area contributed by atoms with Gasteiger partial charge in [0.1, 0.15) is 5.75 Å². The molecule has 1 aromatic carbocycles. The van der Waals surface area contributed by atoms with Gasteiger partial charge in [-0.3, -0.25) is 9.59 Å². The first kappa shape index (κ1) is 12.6. The summed E-state index contributed by atoms with van der Waals surface area (Å²) in [6, 6.07) is 7.08. The van der Waals surface area contributed by atoms with E-state index in [1.165, 1.54) is 12.8 Å². The second kappa shape index (κ2) is 5.67. The zero-order valence-electron chi connectivity index (χ0n) is 10.4. The van der Waals surface area contributed by atoms with E-state index >= 15 is 0 Å². The van der Waals surface area contributed by atoms with Crippen molar-refractivity contribution in [2.45, 2.75) is 25.8 Å². The Morgan fingerprint density at radius 3 is 2.89 bits per heavy atom. The molecule has 0 aliphatic heterocycles. The molecule has 1 aromatic rings. The monoisotopic (exact) mass is 247 g/mol. The molecular weight excluding hydrogens is 230 g/mol. The van der Waals surface area contributed by atoms with Crippen LogP contribution < -0.4 is 10.1 Å². The highest BCUT2D eigenvalue weighted by Crippen LogP contribution is 2.32. The van der Waals surface area contributed by atoms with Crippen molar-refractivity contribution in [3.63, 3.8) is 0 Å². The quantitative estimate of drug-likeness (QED) is 0.780. The summed E-state index contributed by atoms with van der Waals surface area (Å²) >= 11 is 0. The normalized spacial score (nSPS) is 15.8. The van der Waals surface area contributed by atoms with Crippen LogP contribution in [0.15, 0.2) is 24.3 Å². The number of carbonyl (C=O) groups is 2. The standard InChI is InChI=1S/C14H17NO3/c1-10(11-6-7-11)15-14(17)9-18-13-5-3-2-4-12(13)8-16/h2-5,8,10-11H,6-7,9H2,1H3,(H,15,17)/t10-/m0/s1. The average Bonchev–Trinajstić information content (AvgIpc) is 3.21. The number of aldehydes is 1. The van der Waals surface area contributed by atoms with E-state index in [2.05, 4.69) is 5.32 Å². The second-order valence-electron chi connectivity index (χ2n) is 4.64. The summed E-state index contributed by atoms with van der Waals surface area (Å²) in [5, 5.41) is 2.90. The maximum absolute atomic E-state index is 11.6. The van der Waals surface area contributed by atoms with Gasteiger partial charge in [0, 0.05) is 6.04 Å². The highest BCUT2D eigenvalue weighted by Gasteiger charge is 2.28. The van der Waals surface area contributed by atoms with Crippen molar-refractivity contribution < 1.29 is 14.3 Å². The highest BCUT2D eigenvalue weighted by molar-refractivity contribution is 5.80. The Hall–Kier alpha value is -1.84. The fourth-order valence-electron chi connectivity index (χ4n) is 1.86. The summed E-state index contributed by atoms with van der Waals surface area (Å²) in [7, 11) is 0. The number of hydrogen-bond donors (Lipinski definition) is 1. The lowest BCUT2D eigenvalue weighted by atomic mass is 10.2. The molecule has 18 heavy (non-hydrogen) atoms. The molecule has 4 heteroatoms. The maximum Gasteiger partial charge on any atom is 0.258 e. The molecule has 0 bridgehead atoms. The maximum atomic E-state index is 11.6. The molecule has 1 aliphatic carbocycles. The summed E-state index contributed by atoms with van der Waals surface area (Å²) < 4.78 is 5.35. The smallest absolute Gasteiger partial charge is 0.258 e. The fraction of sp³-hybridized carbons (Fsp3) is 0.429. The zero-order valence-corrected chi connectivity index (χ0v) is 10.4. The van der Waals surface area contributed by atoms with Crippen LogP contribution in [-0.2, 0) is 4.79 Å². The van der Waals surface area contributed by atoms with Crippen LogP contribution in [0.4, 0.5) is 0 Å². The van der Waals surface area contributed by atoms with Crippen molar-refractivity contribution in [2.75, 3.05) is 6.61 Å². The number of nitrogens with one attached hydrogen (secondary N) is 1. The lowest BCUT2D eigenvalue weighted by Crippen LogP contribution is -2.37. The fourth-order valence-corrected chi connectivity index (χ4v) is 1.86. The van der Waals surface area contributed by atoms with Crippen molar-refractivity contribution in [3.05, 3.63) is 29.8 Å². The molecule has 4 nitrogen and oxygen atoms in total. The Bertz CT molecular complexity index is 440. The van der Waals surface area contributed by atoms with Gasteiger partial charge < -0.3 is 10.1 Å². The minimum Gasteiger partial charge on any atom is -0.483 e. The zero-order chi connectivity index (χ0) is 13.0. The molecule has 1 saturated carbocycles. The highest BCUT2D eigenvalue weighted by atomic mass is 16.5. The third-order valence-corrected chi connectivity index (χ3v) is 3.12. The van der Waals surface area contributed by atoms with Crippen molar-refractivity contribution >= 4 is 12.2 Å². The predicted molar refractivity (Wildman–Crippen MR) is 67.7 cm³/mol. The lowest BCUT2D eigenvalue weighted by Gasteiger charge is -2.13. The van der Waals surface area contributed by atoms with Crippen LogP contribution in [-0.4, -0.2) is 24.8 Å². The van der Waals surface area contributed by atoms with Crippen molar-refractivity contribution in [2.24, 2.45) is 5.92 Å². The average molecular weight is 247 g/mol. The summed E-state index contributed by atoms with van der Waals surface area (Å²) in [6.07, 6.45) is 3.10. The van der Waals surface area contributed by atoms with Crippen LogP contribution in [0.25, 0.3) is 0 Å². The molecular formula is C14H17NO3. The largest absolute Gasteiger partial charge is 0.483 e. The van der Waals surface area contributed by atoms with Gasteiger partial charge in [-0.1, -0.05) is 12.1 Å². The molecule has 1 amide bonds. The number of rotatable bonds is 6. The van der Waals surface area contributed by atoms with Gasteiger partial charge in [0.2, 0.25) is 0 Å². The number of amides is 1. The van der Waals surface area contributed by atoms with Gasteiger partial charge in [-0.25, -0.2) is 0 Å². The first-order valence-electron chi connectivity index (χ1n) is 6.17. The Morgan fingerprint density at radius 2 is 2.22 bits per heavy atom. The molecule has 0 radical (unpaired) electrons. The van der Waals surface area contributed by atoms with Crippen LogP contribution in [0.1, 0.15) is 30.1 Å². The SMILES string of the molecule is C[C@H](NC(=O)COc1ccccc1C=O)C1CC1. The minimum absolute atomic E-state index is 0.0537. The van der Waals surface area contributed by atoms with Crippen LogP contribution in [0, 0.1) is 5.92 Å². The molecule has 0 aromatic heterocycles. The number of hydrogen-bond acceptors (Lipinski definition) is 3. The van der Waals surface area contributed by atoms with Gasteiger partial charge in [0.05, 0.1) is 5.56 Å². The first-order chi connectivity index (χ1) is 8.70. The van der Waals surface area contributed by atoms with Gasteiger partial charge in [-0.05, 0) is 37.8 Å². The van der Waals surface area contributed by atoms with E-state index in [0.717, 1.165) is 6.29 Å². The van der Waals surface area contributed by atoms with Gasteiger partial charge >= 0.3 is 0 Å². The summed E-state index contributed by atoms with van der Waals surface area (Å²) in [5.41, 5.74) is 0.459. The number of ether oxygens (including phenoxy) is 1.